The van der Waals surface area contributed by atoms with Gasteiger partial charge < -0.3 is 25.4 Å². The van der Waals surface area contributed by atoms with Crippen LogP contribution in [0.2, 0.25) is 0 Å². The fraction of sp³-hybridized carbons (Fsp3) is 0.619. The van der Waals surface area contributed by atoms with Gasteiger partial charge in [-0.15, -0.1) is 0 Å². The summed E-state index contributed by atoms with van der Waals surface area (Å²) in [5.41, 5.74) is 0.726. The molecule has 156 valence electrons. The van der Waals surface area contributed by atoms with Gasteiger partial charge in [-0.2, -0.15) is 0 Å². The zero-order valence-electron chi connectivity index (χ0n) is 17.1. The highest BCUT2D eigenvalue weighted by atomic mass is 16.5. The third-order valence-corrected chi connectivity index (χ3v) is 4.59. The summed E-state index contributed by atoms with van der Waals surface area (Å²) in [6, 6.07) is 7.35. The molecule has 3 N–H and O–H groups in total. The highest BCUT2D eigenvalue weighted by Crippen LogP contribution is 2.19. The number of amides is 1. The fourth-order valence-corrected chi connectivity index (χ4v) is 3.23. The number of aliphatic imine (C=N–C) groups is 1. The number of carbonyl (C=O) groups excluding carboxylic acids is 1. The van der Waals surface area contributed by atoms with Gasteiger partial charge in [-0.3, -0.25) is 9.79 Å². The standard InChI is InChI=1S/C21H34N4O3/c1-17(26)25-18-8-7-11-20(16-18)28-15-13-24-21(22-2)23-12-14-27-19-9-5-3-4-6-10-19/h7-8,11,16,19H,3-6,9-10,12-15H2,1-2H3,(H,25,26)(H2,22,23,24). The van der Waals surface area contributed by atoms with Crippen LogP contribution >= 0.6 is 0 Å². The van der Waals surface area contributed by atoms with Gasteiger partial charge in [0.25, 0.3) is 0 Å². The topological polar surface area (TPSA) is 84.0 Å². The molecule has 2 rings (SSSR count). The Bertz CT molecular complexity index is 613. The van der Waals surface area contributed by atoms with Gasteiger partial charge >= 0.3 is 0 Å². The Morgan fingerprint density at radius 2 is 1.82 bits per heavy atom. The van der Waals surface area contributed by atoms with Crippen molar-refractivity contribution in [2.75, 3.05) is 38.7 Å². The van der Waals surface area contributed by atoms with Crippen LogP contribution in [0.4, 0.5) is 5.69 Å². The monoisotopic (exact) mass is 390 g/mol. The van der Waals surface area contributed by atoms with E-state index in [0.29, 0.717) is 31.6 Å². The number of rotatable bonds is 9. The van der Waals surface area contributed by atoms with E-state index in [1.54, 1.807) is 13.1 Å². The van der Waals surface area contributed by atoms with Crippen molar-refractivity contribution in [3.63, 3.8) is 0 Å². The first-order chi connectivity index (χ1) is 13.7. The van der Waals surface area contributed by atoms with Crippen LogP contribution < -0.4 is 20.7 Å². The minimum atomic E-state index is -0.100. The van der Waals surface area contributed by atoms with Gasteiger partial charge in [-0.05, 0) is 25.0 Å². The Morgan fingerprint density at radius 1 is 1.11 bits per heavy atom. The van der Waals surface area contributed by atoms with Crippen LogP contribution in [-0.4, -0.2) is 51.3 Å². The van der Waals surface area contributed by atoms with Crippen LogP contribution in [0.25, 0.3) is 0 Å². The van der Waals surface area contributed by atoms with E-state index >= 15 is 0 Å². The second-order valence-electron chi connectivity index (χ2n) is 6.97. The molecule has 1 amide bonds. The number of nitrogens with one attached hydrogen (secondary N) is 3. The molecule has 7 nitrogen and oxygen atoms in total. The van der Waals surface area contributed by atoms with E-state index in [1.165, 1.54) is 45.4 Å². The van der Waals surface area contributed by atoms with E-state index in [-0.39, 0.29) is 5.91 Å². The molecule has 1 saturated carbocycles. The van der Waals surface area contributed by atoms with Gasteiger partial charge in [-0.1, -0.05) is 31.7 Å². The summed E-state index contributed by atoms with van der Waals surface area (Å²) in [7, 11) is 1.75. The van der Waals surface area contributed by atoms with Crippen molar-refractivity contribution < 1.29 is 14.3 Å². The Balaban J connectivity index is 1.58. The van der Waals surface area contributed by atoms with Crippen molar-refractivity contribution in [2.24, 2.45) is 4.99 Å². The molecule has 28 heavy (non-hydrogen) atoms. The molecule has 0 aliphatic heterocycles. The van der Waals surface area contributed by atoms with Crippen molar-refractivity contribution in [1.82, 2.24) is 10.6 Å². The predicted octanol–water partition coefficient (Wildman–Crippen LogP) is 2.93. The van der Waals surface area contributed by atoms with Crippen molar-refractivity contribution in [1.29, 1.82) is 0 Å². The zero-order chi connectivity index (χ0) is 20.0. The molecule has 0 heterocycles. The largest absolute Gasteiger partial charge is 0.492 e. The van der Waals surface area contributed by atoms with Crippen molar-refractivity contribution in [3.8, 4) is 5.75 Å². The first kappa shape index (κ1) is 22.0. The van der Waals surface area contributed by atoms with Crippen molar-refractivity contribution in [3.05, 3.63) is 24.3 Å². The lowest BCUT2D eigenvalue weighted by Gasteiger charge is -2.17. The molecular formula is C21H34N4O3. The zero-order valence-corrected chi connectivity index (χ0v) is 17.1. The van der Waals surface area contributed by atoms with Crippen LogP contribution in [0.5, 0.6) is 5.75 Å². The van der Waals surface area contributed by atoms with Gasteiger partial charge in [0.1, 0.15) is 12.4 Å². The number of benzene rings is 1. The Kier molecular flexibility index (Phi) is 10.2. The molecule has 0 aromatic heterocycles. The predicted molar refractivity (Wildman–Crippen MR) is 113 cm³/mol. The molecule has 0 atom stereocenters. The molecule has 1 aliphatic carbocycles. The van der Waals surface area contributed by atoms with Gasteiger partial charge in [0.05, 0.1) is 19.3 Å². The quantitative estimate of drug-likeness (QED) is 0.261. The first-order valence-corrected chi connectivity index (χ1v) is 10.2. The Labute approximate surface area is 168 Å². The lowest BCUT2D eigenvalue weighted by molar-refractivity contribution is -0.114. The second kappa shape index (κ2) is 13.0. The highest BCUT2D eigenvalue weighted by molar-refractivity contribution is 5.88. The minimum Gasteiger partial charge on any atom is -0.492 e. The van der Waals surface area contributed by atoms with Crippen LogP contribution in [0.1, 0.15) is 45.4 Å². The third kappa shape index (κ3) is 9.08. The molecule has 1 aromatic carbocycles. The van der Waals surface area contributed by atoms with E-state index in [4.69, 9.17) is 9.47 Å². The molecule has 0 spiro atoms. The summed E-state index contributed by atoms with van der Waals surface area (Å²) >= 11 is 0. The maximum atomic E-state index is 11.1. The number of carbonyl (C=O) groups is 1. The SMILES string of the molecule is CN=C(NCCOc1cccc(NC(C)=O)c1)NCCOC1CCCCCC1. The lowest BCUT2D eigenvalue weighted by atomic mass is 10.1. The average molecular weight is 391 g/mol. The second-order valence-corrected chi connectivity index (χ2v) is 6.97. The number of ether oxygens (including phenoxy) is 2. The summed E-state index contributed by atoms with van der Waals surface area (Å²) in [6.45, 7) is 4.02. The summed E-state index contributed by atoms with van der Waals surface area (Å²) in [5.74, 6) is 1.35. The van der Waals surface area contributed by atoms with E-state index in [9.17, 15) is 4.79 Å². The maximum absolute atomic E-state index is 11.1. The van der Waals surface area contributed by atoms with Crippen molar-refractivity contribution in [2.45, 2.75) is 51.6 Å². The van der Waals surface area contributed by atoms with Crippen LogP contribution in [0, 0.1) is 0 Å². The molecule has 7 heteroatoms. The molecule has 0 unspecified atom stereocenters. The van der Waals surface area contributed by atoms with Gasteiger partial charge in [-0.25, -0.2) is 0 Å². The lowest BCUT2D eigenvalue weighted by Crippen LogP contribution is -2.41. The minimum absolute atomic E-state index is 0.100. The Hall–Kier alpha value is -2.28. The van der Waals surface area contributed by atoms with E-state index < -0.39 is 0 Å². The summed E-state index contributed by atoms with van der Waals surface area (Å²) < 4.78 is 11.7. The number of guanidine groups is 1. The summed E-state index contributed by atoms with van der Waals surface area (Å²) in [5, 5.41) is 9.23. The van der Waals surface area contributed by atoms with Crippen molar-refractivity contribution >= 4 is 17.6 Å². The molecule has 0 radical (unpaired) electrons. The molecule has 0 saturated heterocycles. The molecule has 1 fully saturated rings. The molecule has 1 aliphatic rings. The Morgan fingerprint density at radius 3 is 2.50 bits per heavy atom. The number of hydrogen-bond acceptors (Lipinski definition) is 4. The fourth-order valence-electron chi connectivity index (χ4n) is 3.23. The van der Waals surface area contributed by atoms with Gasteiger partial charge in [0, 0.05) is 32.3 Å². The third-order valence-electron chi connectivity index (χ3n) is 4.59. The van der Waals surface area contributed by atoms with E-state index in [1.807, 2.05) is 18.2 Å². The smallest absolute Gasteiger partial charge is 0.221 e. The van der Waals surface area contributed by atoms with Gasteiger partial charge in [0.2, 0.25) is 5.91 Å². The molecular weight excluding hydrogens is 356 g/mol. The average Bonchev–Trinajstić information content (AvgIpc) is 2.95. The summed E-state index contributed by atoms with van der Waals surface area (Å²) in [4.78, 5) is 15.3. The van der Waals surface area contributed by atoms with Crippen LogP contribution in [0.3, 0.4) is 0 Å². The number of nitrogens with zero attached hydrogens (tertiary/aromatic N) is 1. The first-order valence-electron chi connectivity index (χ1n) is 10.2. The maximum Gasteiger partial charge on any atom is 0.221 e. The number of hydrogen-bond donors (Lipinski definition) is 3. The normalized spacial score (nSPS) is 15.6. The highest BCUT2D eigenvalue weighted by Gasteiger charge is 2.12. The van der Waals surface area contributed by atoms with E-state index in [2.05, 4.69) is 20.9 Å². The van der Waals surface area contributed by atoms with Gasteiger partial charge in [0.15, 0.2) is 5.96 Å². The number of anilines is 1. The molecule has 1 aromatic rings. The van der Waals surface area contributed by atoms with Crippen LogP contribution in [0.15, 0.2) is 29.3 Å². The summed E-state index contributed by atoms with van der Waals surface area (Å²) in [6.07, 6.45) is 8.05. The van der Waals surface area contributed by atoms with Crippen LogP contribution in [-0.2, 0) is 9.53 Å². The molecule has 0 bridgehead atoms. The van der Waals surface area contributed by atoms with E-state index in [0.717, 1.165) is 18.2 Å².